The molecule has 0 aliphatic carbocycles. The molecule has 8 aromatic rings. The van der Waals surface area contributed by atoms with Crippen LogP contribution in [0, 0.1) is 22.7 Å². The average molecular weight is 784 g/mol. The van der Waals surface area contributed by atoms with Crippen molar-refractivity contribution in [1.82, 2.24) is 0 Å². The van der Waals surface area contributed by atoms with E-state index in [1.165, 1.54) is 40.4 Å². The molecule has 54 heavy (non-hydrogen) atoms. The maximum atomic E-state index is 9.18. The maximum Gasteiger partial charge on any atom is 0.131 e. The summed E-state index contributed by atoms with van der Waals surface area (Å²) < 4.78 is 0. The number of benzene rings is 3. The van der Waals surface area contributed by atoms with Gasteiger partial charge in [-0.1, -0.05) is 48.5 Å². The number of thiophene rings is 5. The third kappa shape index (κ3) is 8.20. The molecule has 258 valence electrons. The second-order valence-electron chi connectivity index (χ2n) is 12.1. The van der Waals surface area contributed by atoms with Crippen LogP contribution in [-0.4, -0.2) is 0 Å². The first kappa shape index (κ1) is 35.2. The zero-order chi connectivity index (χ0) is 36.7. The standard InChI is InChI=1S/C46H29N3S5/c47-30-32(31-48)29-43-23-26-46(54-43)35-9-15-38(16-10-35)49(36-11-5-33(6-12-36)44-24-21-41(52-44)19-17-39-3-1-27-50-39)37-13-7-34(8-14-37)45-25-22-42(53-45)20-18-40-4-2-28-51-40/h1-29H/b19-17+,20-18+. The zero-order valence-electron chi connectivity index (χ0n) is 28.6. The van der Waals surface area contributed by atoms with E-state index in [0.29, 0.717) is 0 Å². The number of hydrogen-bond donors (Lipinski definition) is 0. The lowest BCUT2D eigenvalue weighted by Gasteiger charge is -2.26. The molecule has 3 aromatic carbocycles. The Morgan fingerprint density at radius 3 is 1.17 bits per heavy atom. The van der Waals surface area contributed by atoms with E-state index in [1.807, 2.05) is 24.3 Å². The highest BCUT2D eigenvalue weighted by Gasteiger charge is 2.15. The normalized spacial score (nSPS) is 11.1. The molecule has 0 unspecified atom stereocenters. The number of allylic oxidation sites excluding steroid dienone is 1. The van der Waals surface area contributed by atoms with E-state index in [0.717, 1.165) is 32.4 Å². The predicted octanol–water partition coefficient (Wildman–Crippen LogP) is 15.2. The van der Waals surface area contributed by atoms with Crippen molar-refractivity contribution in [2.24, 2.45) is 0 Å². The van der Waals surface area contributed by atoms with E-state index in [-0.39, 0.29) is 5.57 Å². The van der Waals surface area contributed by atoms with Gasteiger partial charge in [-0.2, -0.15) is 10.5 Å². The molecular formula is C46H29N3S5. The zero-order valence-corrected chi connectivity index (χ0v) is 32.7. The Morgan fingerprint density at radius 1 is 0.426 bits per heavy atom. The summed E-state index contributed by atoms with van der Waals surface area (Å²) in [5, 5.41) is 22.6. The third-order valence-corrected chi connectivity index (χ3v) is 13.5. The van der Waals surface area contributed by atoms with Crippen LogP contribution < -0.4 is 4.90 Å². The largest absolute Gasteiger partial charge is 0.311 e. The van der Waals surface area contributed by atoms with Crippen molar-refractivity contribution >= 4 is 104 Å². The second kappa shape index (κ2) is 16.4. The summed E-state index contributed by atoms with van der Waals surface area (Å²) in [4.78, 5) is 11.7. The molecule has 5 aromatic heterocycles. The topological polar surface area (TPSA) is 50.8 Å². The van der Waals surface area contributed by atoms with Crippen molar-refractivity contribution < 1.29 is 0 Å². The van der Waals surface area contributed by atoms with Crippen LogP contribution in [0.5, 0.6) is 0 Å². The van der Waals surface area contributed by atoms with Gasteiger partial charge < -0.3 is 4.90 Å². The van der Waals surface area contributed by atoms with Crippen LogP contribution in [0.25, 0.3) is 61.7 Å². The minimum absolute atomic E-state index is 0.0995. The van der Waals surface area contributed by atoms with Crippen LogP contribution in [0.4, 0.5) is 17.1 Å². The van der Waals surface area contributed by atoms with Gasteiger partial charge in [-0.05, 0) is 143 Å². The molecule has 0 radical (unpaired) electrons. The van der Waals surface area contributed by atoms with Gasteiger partial charge in [0.15, 0.2) is 0 Å². The van der Waals surface area contributed by atoms with Crippen LogP contribution in [0.3, 0.4) is 0 Å². The predicted molar refractivity (Wildman–Crippen MR) is 237 cm³/mol. The fourth-order valence-corrected chi connectivity index (χ4v) is 9.91. The monoisotopic (exact) mass is 783 g/mol. The summed E-state index contributed by atoms with van der Waals surface area (Å²) in [5.41, 5.74) is 6.72. The summed E-state index contributed by atoms with van der Waals surface area (Å²) in [6, 6.07) is 51.2. The van der Waals surface area contributed by atoms with Gasteiger partial charge >= 0.3 is 0 Å². The van der Waals surface area contributed by atoms with E-state index in [4.69, 9.17) is 0 Å². The Labute approximate surface area is 334 Å². The average Bonchev–Trinajstić information content (AvgIpc) is 4.08. The Balaban J connectivity index is 1.08. The molecule has 8 heteroatoms. The highest BCUT2D eigenvalue weighted by Crippen LogP contribution is 2.40. The first-order valence-electron chi connectivity index (χ1n) is 17.0. The van der Waals surface area contributed by atoms with E-state index in [9.17, 15) is 10.5 Å². The Bertz CT molecular complexity index is 2510. The van der Waals surface area contributed by atoms with Gasteiger partial charge in [0.05, 0.1) is 0 Å². The minimum atomic E-state index is 0.0995. The summed E-state index contributed by atoms with van der Waals surface area (Å²) in [5.74, 6) is 0. The van der Waals surface area contributed by atoms with Crippen LogP contribution in [-0.2, 0) is 0 Å². The molecule has 5 heterocycles. The van der Waals surface area contributed by atoms with Gasteiger partial charge in [-0.15, -0.1) is 56.7 Å². The van der Waals surface area contributed by atoms with E-state index in [2.05, 4.69) is 161 Å². The van der Waals surface area contributed by atoms with Crippen molar-refractivity contribution in [2.75, 3.05) is 4.90 Å². The first-order chi connectivity index (χ1) is 26.6. The van der Waals surface area contributed by atoms with Gasteiger partial charge in [0.1, 0.15) is 17.7 Å². The lowest BCUT2D eigenvalue weighted by molar-refractivity contribution is 1.28. The summed E-state index contributed by atoms with van der Waals surface area (Å²) >= 11 is 8.63. The molecule has 0 saturated carbocycles. The second-order valence-corrected chi connectivity index (χ2v) is 17.4. The van der Waals surface area contributed by atoms with Crippen LogP contribution in [0.1, 0.15) is 24.4 Å². The van der Waals surface area contributed by atoms with Crippen LogP contribution in [0.2, 0.25) is 0 Å². The lowest BCUT2D eigenvalue weighted by atomic mass is 10.1. The molecule has 8 rings (SSSR count). The van der Waals surface area contributed by atoms with Crippen molar-refractivity contribution in [3.8, 4) is 43.5 Å². The first-order valence-corrected chi connectivity index (χ1v) is 21.2. The minimum Gasteiger partial charge on any atom is -0.311 e. The molecule has 0 bridgehead atoms. The number of hydrogen-bond acceptors (Lipinski definition) is 8. The van der Waals surface area contributed by atoms with Crippen LogP contribution >= 0.6 is 56.7 Å². The van der Waals surface area contributed by atoms with Crippen molar-refractivity contribution in [3.63, 3.8) is 0 Å². The molecule has 0 aliphatic rings. The van der Waals surface area contributed by atoms with E-state index < -0.39 is 0 Å². The fourth-order valence-electron chi connectivity index (χ4n) is 5.88. The SMILES string of the molecule is N#CC(C#N)=Cc1ccc(-c2ccc(N(c3ccc(-c4ccc(/C=C/c5cccs5)s4)cc3)c3ccc(-c4ccc(/C=C/c5cccs5)s4)cc3)cc2)s1. The van der Waals surface area contributed by atoms with Gasteiger partial charge in [0.2, 0.25) is 0 Å². The van der Waals surface area contributed by atoms with Gasteiger partial charge in [0, 0.05) is 56.1 Å². The molecular weight excluding hydrogens is 755 g/mol. The number of nitrogens with zero attached hydrogens (tertiary/aromatic N) is 3. The van der Waals surface area contributed by atoms with Gasteiger partial charge in [-0.3, -0.25) is 0 Å². The van der Waals surface area contributed by atoms with Crippen molar-refractivity contribution in [3.05, 3.63) is 174 Å². The van der Waals surface area contributed by atoms with Gasteiger partial charge in [-0.25, -0.2) is 0 Å². The summed E-state index contributed by atoms with van der Waals surface area (Å²) in [6.07, 6.45) is 10.4. The Morgan fingerprint density at radius 2 is 0.796 bits per heavy atom. The third-order valence-electron chi connectivity index (χ3n) is 8.55. The smallest absolute Gasteiger partial charge is 0.131 e. The maximum absolute atomic E-state index is 9.18. The molecule has 0 atom stereocenters. The molecule has 3 nitrogen and oxygen atoms in total. The summed E-state index contributed by atoms with van der Waals surface area (Å²) in [6.45, 7) is 0. The Hall–Kier alpha value is -5.84. The molecule has 0 N–H and O–H groups in total. The number of rotatable bonds is 11. The van der Waals surface area contributed by atoms with Crippen molar-refractivity contribution in [2.45, 2.75) is 0 Å². The van der Waals surface area contributed by atoms with Crippen molar-refractivity contribution in [1.29, 1.82) is 10.5 Å². The molecule has 0 amide bonds. The molecule has 0 saturated heterocycles. The van der Waals surface area contributed by atoms with Gasteiger partial charge in [0.25, 0.3) is 0 Å². The van der Waals surface area contributed by atoms with E-state index in [1.54, 1.807) is 62.8 Å². The fraction of sp³-hybridized carbons (Fsp3) is 0. The highest BCUT2D eigenvalue weighted by molar-refractivity contribution is 7.17. The Kier molecular flexibility index (Phi) is 10.7. The molecule has 0 aliphatic heterocycles. The number of anilines is 3. The van der Waals surface area contributed by atoms with E-state index >= 15 is 0 Å². The summed E-state index contributed by atoms with van der Waals surface area (Å²) in [7, 11) is 0. The highest BCUT2D eigenvalue weighted by atomic mass is 32.1. The lowest BCUT2D eigenvalue weighted by Crippen LogP contribution is -2.09. The number of nitriles is 2. The van der Waals surface area contributed by atoms with Crippen LogP contribution in [0.15, 0.2) is 150 Å². The quantitative estimate of drug-likeness (QED) is 0.123. The molecule has 0 fully saturated rings. The molecule has 0 spiro atoms.